The average molecular weight is 439 g/mol. The van der Waals surface area contributed by atoms with Gasteiger partial charge in [0.15, 0.2) is 0 Å². The zero-order valence-corrected chi connectivity index (χ0v) is 18.8. The van der Waals surface area contributed by atoms with Crippen molar-refractivity contribution in [2.24, 2.45) is 0 Å². The molecule has 0 saturated heterocycles. The van der Waals surface area contributed by atoms with Crippen LogP contribution >= 0.6 is 23.2 Å². The predicted molar refractivity (Wildman–Crippen MR) is 114 cm³/mol. The molecule has 0 saturated carbocycles. The summed E-state index contributed by atoms with van der Waals surface area (Å²) in [6, 6.07) is 8.83. The summed E-state index contributed by atoms with van der Waals surface area (Å²) in [6.45, 7) is 7.89. The first-order chi connectivity index (χ1) is 13.4. The molecule has 0 spiro atoms. The first-order valence-corrected chi connectivity index (χ1v) is 9.58. The molecule has 0 radical (unpaired) electrons. The molecule has 2 amide bonds. The summed E-state index contributed by atoms with van der Waals surface area (Å²) in [5.41, 5.74) is 3.99. The number of carbonyl (C=O) groups excluding carboxylic acids is 2. The number of halogens is 2. The third-order valence-electron chi connectivity index (χ3n) is 4.47. The van der Waals surface area contributed by atoms with Gasteiger partial charge in [-0.1, -0.05) is 43.1 Å². The maximum absolute atomic E-state index is 10.7. The first kappa shape index (κ1) is 24.6. The molecule has 6 nitrogen and oxygen atoms in total. The molecule has 0 heterocycles. The van der Waals surface area contributed by atoms with Crippen LogP contribution in [-0.4, -0.2) is 26.3 Å². The van der Waals surface area contributed by atoms with Crippen molar-refractivity contribution in [3.63, 3.8) is 0 Å². The van der Waals surface area contributed by atoms with Crippen molar-refractivity contribution in [2.45, 2.75) is 33.6 Å². The van der Waals surface area contributed by atoms with Crippen molar-refractivity contribution < 1.29 is 19.8 Å². The summed E-state index contributed by atoms with van der Waals surface area (Å²) >= 11 is 11.8. The fourth-order valence-electron chi connectivity index (χ4n) is 2.37. The Kier molecular flexibility index (Phi) is 8.80. The van der Waals surface area contributed by atoms with Crippen LogP contribution in [0.15, 0.2) is 30.3 Å². The van der Waals surface area contributed by atoms with Gasteiger partial charge in [0.2, 0.25) is 0 Å². The molecule has 0 atom stereocenters. The Bertz CT molecular complexity index is 900. The van der Waals surface area contributed by atoms with Crippen molar-refractivity contribution in [2.75, 3.05) is 23.9 Å². The van der Waals surface area contributed by atoms with Gasteiger partial charge in [-0.05, 0) is 60.7 Å². The minimum Gasteiger partial charge on any atom is -0.530 e. The van der Waals surface area contributed by atoms with E-state index in [-0.39, 0.29) is 0 Å². The van der Waals surface area contributed by atoms with Crippen LogP contribution < -0.4 is 20.0 Å². The molecule has 0 aliphatic heterocycles. The number of hydrogen-bond donors (Lipinski definition) is 0. The molecule has 158 valence electrons. The van der Waals surface area contributed by atoms with Crippen molar-refractivity contribution in [3.05, 3.63) is 57.1 Å². The van der Waals surface area contributed by atoms with Gasteiger partial charge in [-0.25, -0.2) is 0 Å². The van der Waals surface area contributed by atoms with Crippen LogP contribution in [-0.2, 0) is 0 Å². The quantitative estimate of drug-likeness (QED) is 0.724. The normalized spacial score (nSPS) is 10.2. The number of anilines is 2. The van der Waals surface area contributed by atoms with Gasteiger partial charge in [-0.15, -0.1) is 0 Å². The van der Waals surface area contributed by atoms with E-state index in [1.165, 1.54) is 14.1 Å². The average Bonchev–Trinajstić information content (AvgIpc) is 2.64. The molecule has 0 aliphatic rings. The first-order valence-electron chi connectivity index (χ1n) is 8.82. The van der Waals surface area contributed by atoms with Crippen LogP contribution in [0.5, 0.6) is 0 Å². The molecular weight excluding hydrogens is 415 g/mol. The summed E-state index contributed by atoms with van der Waals surface area (Å²) in [7, 11) is 2.83. The molecule has 0 aromatic heterocycles. The van der Waals surface area contributed by atoms with Gasteiger partial charge in [-0.3, -0.25) is 0 Å². The fourth-order valence-corrected chi connectivity index (χ4v) is 2.95. The molecule has 2 aromatic rings. The number of hydrogen-bond acceptors (Lipinski definition) is 4. The molecule has 2 rings (SSSR count). The summed E-state index contributed by atoms with van der Waals surface area (Å²) in [6.07, 6.45) is -2.53. The minimum absolute atomic E-state index is 0.330. The Hall–Kier alpha value is -2.44. The van der Waals surface area contributed by atoms with Crippen molar-refractivity contribution >= 4 is 46.8 Å². The van der Waals surface area contributed by atoms with Gasteiger partial charge in [0.1, 0.15) is 12.2 Å². The van der Waals surface area contributed by atoms with Gasteiger partial charge >= 0.3 is 0 Å². The van der Waals surface area contributed by atoms with E-state index in [1.54, 1.807) is 24.3 Å². The van der Waals surface area contributed by atoms with Crippen molar-refractivity contribution in [1.82, 2.24) is 0 Å². The van der Waals surface area contributed by atoms with Crippen LogP contribution in [0.2, 0.25) is 10.0 Å². The second kappa shape index (κ2) is 10.4. The van der Waals surface area contributed by atoms with Gasteiger partial charge < -0.3 is 29.6 Å². The smallest absolute Gasteiger partial charge is 0.141 e. The highest BCUT2D eigenvalue weighted by atomic mass is 35.5. The number of rotatable bonds is 3. The van der Waals surface area contributed by atoms with Gasteiger partial charge in [-0.2, -0.15) is 0 Å². The number of benzene rings is 2. The van der Waals surface area contributed by atoms with Crippen LogP contribution in [0.25, 0.3) is 0 Å². The lowest BCUT2D eigenvalue weighted by molar-refractivity contribution is -0.247. The van der Waals surface area contributed by atoms with Gasteiger partial charge in [0, 0.05) is 14.1 Å². The van der Waals surface area contributed by atoms with Gasteiger partial charge in [0.05, 0.1) is 21.4 Å². The van der Waals surface area contributed by atoms with Crippen LogP contribution in [0.4, 0.5) is 21.0 Å². The van der Waals surface area contributed by atoms with E-state index in [0.717, 1.165) is 26.5 Å². The highest BCUT2D eigenvalue weighted by Gasteiger charge is 2.10. The lowest BCUT2D eigenvalue weighted by Gasteiger charge is -2.22. The third-order valence-corrected chi connectivity index (χ3v) is 5.09. The van der Waals surface area contributed by atoms with E-state index >= 15 is 0 Å². The maximum atomic E-state index is 10.7. The van der Waals surface area contributed by atoms with Crippen molar-refractivity contribution in [3.8, 4) is 0 Å². The second-order valence-electron chi connectivity index (χ2n) is 6.90. The number of amides is 2. The van der Waals surface area contributed by atoms with E-state index in [0.29, 0.717) is 27.3 Å². The Morgan fingerprint density at radius 1 is 0.828 bits per heavy atom. The molecule has 8 heteroatoms. The van der Waals surface area contributed by atoms with E-state index in [1.807, 2.05) is 33.8 Å². The molecule has 2 aromatic carbocycles. The Labute approximate surface area is 181 Å². The van der Waals surface area contributed by atoms with Crippen LogP contribution in [0, 0.1) is 13.8 Å². The Morgan fingerprint density at radius 3 is 1.72 bits per heavy atom. The summed E-state index contributed by atoms with van der Waals surface area (Å²) in [5, 5.41) is 22.1. The number of carboxylic acid groups (broad SMARTS) is 2. The Balaban J connectivity index is 0.000000291. The Morgan fingerprint density at radius 2 is 1.28 bits per heavy atom. The maximum Gasteiger partial charge on any atom is 0.141 e. The lowest BCUT2D eigenvalue weighted by Crippen LogP contribution is -2.38. The summed E-state index contributed by atoms with van der Waals surface area (Å²) in [4.78, 5) is 23.3. The highest BCUT2D eigenvalue weighted by molar-refractivity contribution is 6.34. The molecule has 29 heavy (non-hydrogen) atoms. The number of carbonyl (C=O) groups is 2. The summed E-state index contributed by atoms with van der Waals surface area (Å²) < 4.78 is 0. The second-order valence-corrected chi connectivity index (χ2v) is 7.72. The molecule has 0 fully saturated rings. The highest BCUT2D eigenvalue weighted by Crippen LogP contribution is 2.29. The standard InChI is InChI=1S/C11H14ClNO2.C10H12ClNO2/c1-7(2)8-4-5-9(12)10(6-8)13(3)11(14)15;1-6-4-8(11)9(5-7(6)2)12(3)10(13)14/h4-7H,1-3H3,(H,14,15);4-5H,1-3H3,(H,13,14)/p-2. The molecule has 0 unspecified atom stereocenters. The topological polar surface area (TPSA) is 86.7 Å². The van der Waals surface area contributed by atoms with E-state index in [4.69, 9.17) is 23.2 Å². The molecule has 0 bridgehead atoms. The van der Waals surface area contributed by atoms with E-state index < -0.39 is 12.2 Å². The minimum atomic E-state index is -1.27. The van der Waals surface area contributed by atoms with Crippen LogP contribution in [0.1, 0.15) is 36.5 Å². The zero-order valence-electron chi connectivity index (χ0n) is 17.2. The number of aryl methyl sites for hydroxylation is 2. The summed E-state index contributed by atoms with van der Waals surface area (Å²) in [5.74, 6) is 0.330. The lowest BCUT2D eigenvalue weighted by atomic mass is 10.0. The monoisotopic (exact) mass is 438 g/mol. The SMILES string of the molecule is CC(C)c1ccc(Cl)c(N(C)C(=O)[O-])c1.Cc1cc(Cl)c(N(C)C(=O)[O-])cc1C. The largest absolute Gasteiger partial charge is 0.530 e. The third kappa shape index (κ3) is 6.54. The zero-order chi connectivity index (χ0) is 22.5. The van der Waals surface area contributed by atoms with Crippen LogP contribution in [0.3, 0.4) is 0 Å². The van der Waals surface area contributed by atoms with E-state index in [9.17, 15) is 19.8 Å². The number of nitrogens with zero attached hydrogens (tertiary/aromatic N) is 2. The fraction of sp³-hybridized carbons (Fsp3) is 0.333. The molecular formula is C21H24Cl2N2O4-2. The van der Waals surface area contributed by atoms with Crippen molar-refractivity contribution in [1.29, 1.82) is 0 Å². The van der Waals surface area contributed by atoms with Gasteiger partial charge in [0.25, 0.3) is 0 Å². The van der Waals surface area contributed by atoms with E-state index in [2.05, 4.69) is 0 Å². The molecule has 0 N–H and O–H groups in total. The molecule has 0 aliphatic carbocycles. The predicted octanol–water partition coefficient (Wildman–Crippen LogP) is 3.98.